The van der Waals surface area contributed by atoms with Crippen molar-refractivity contribution in [2.24, 2.45) is 5.41 Å². The van der Waals surface area contributed by atoms with Crippen molar-refractivity contribution in [1.82, 2.24) is 5.32 Å². The first-order chi connectivity index (χ1) is 7.61. The fourth-order valence-corrected chi connectivity index (χ4v) is 2.98. The molecule has 0 aliphatic heterocycles. The molecule has 0 amide bonds. The van der Waals surface area contributed by atoms with Crippen LogP contribution in [0.4, 0.5) is 0 Å². The van der Waals surface area contributed by atoms with Crippen molar-refractivity contribution in [3.8, 4) is 0 Å². The molecule has 0 heterocycles. The summed E-state index contributed by atoms with van der Waals surface area (Å²) >= 11 is 0. The normalized spacial score (nSPS) is 15.2. The molecule has 3 nitrogen and oxygen atoms in total. The molecule has 0 aromatic heterocycles. The summed E-state index contributed by atoms with van der Waals surface area (Å²) < 4.78 is 23.3. The molecule has 1 atom stereocenters. The highest BCUT2D eigenvalue weighted by Crippen LogP contribution is 2.23. The summed E-state index contributed by atoms with van der Waals surface area (Å²) in [5, 5.41) is 3.07. The maximum atomic E-state index is 11.6. The highest BCUT2D eigenvalue weighted by Gasteiger charge is 2.22. The standard InChI is InChI=1S/C13H29NO2S/c1-11(2)17(15,16)10-8-7-9-12(14-6)13(3,4)5/h11-12,14H,7-10H2,1-6H3. The van der Waals surface area contributed by atoms with Crippen LogP contribution in [0.1, 0.15) is 53.9 Å². The maximum absolute atomic E-state index is 11.6. The van der Waals surface area contributed by atoms with Gasteiger partial charge in [-0.3, -0.25) is 0 Å². The number of hydrogen-bond acceptors (Lipinski definition) is 3. The average molecular weight is 263 g/mol. The Morgan fingerprint density at radius 3 is 2.00 bits per heavy atom. The molecule has 104 valence electrons. The van der Waals surface area contributed by atoms with E-state index in [0.29, 0.717) is 11.8 Å². The van der Waals surface area contributed by atoms with Gasteiger partial charge in [0.2, 0.25) is 0 Å². The van der Waals surface area contributed by atoms with Crippen molar-refractivity contribution >= 4 is 9.84 Å². The molecular weight excluding hydrogens is 234 g/mol. The molecule has 4 heteroatoms. The lowest BCUT2D eigenvalue weighted by Gasteiger charge is -2.30. The molecule has 0 fully saturated rings. The predicted molar refractivity (Wildman–Crippen MR) is 75.1 cm³/mol. The largest absolute Gasteiger partial charge is 0.316 e. The van der Waals surface area contributed by atoms with Gasteiger partial charge < -0.3 is 5.32 Å². The highest BCUT2D eigenvalue weighted by molar-refractivity contribution is 7.91. The van der Waals surface area contributed by atoms with Gasteiger partial charge in [-0.1, -0.05) is 27.2 Å². The van der Waals surface area contributed by atoms with E-state index in [1.807, 2.05) is 7.05 Å². The predicted octanol–water partition coefficient (Wildman–Crippen LogP) is 2.61. The quantitative estimate of drug-likeness (QED) is 0.718. The zero-order valence-electron chi connectivity index (χ0n) is 12.2. The van der Waals surface area contributed by atoms with E-state index in [0.717, 1.165) is 19.3 Å². The Bertz CT molecular complexity index is 302. The van der Waals surface area contributed by atoms with Crippen LogP contribution in [0.5, 0.6) is 0 Å². The van der Waals surface area contributed by atoms with E-state index in [4.69, 9.17) is 0 Å². The minimum Gasteiger partial charge on any atom is -0.316 e. The summed E-state index contributed by atoms with van der Waals surface area (Å²) in [6, 6.07) is 0.448. The van der Waals surface area contributed by atoms with Gasteiger partial charge in [0.1, 0.15) is 0 Å². The topological polar surface area (TPSA) is 46.2 Å². The van der Waals surface area contributed by atoms with Crippen LogP contribution in [0.2, 0.25) is 0 Å². The Labute approximate surface area is 107 Å². The SMILES string of the molecule is CNC(CCCCS(=O)(=O)C(C)C)C(C)(C)C. The number of nitrogens with one attached hydrogen (secondary N) is 1. The minimum absolute atomic E-state index is 0.228. The van der Waals surface area contributed by atoms with Gasteiger partial charge in [-0.25, -0.2) is 8.42 Å². The molecule has 0 spiro atoms. The summed E-state index contributed by atoms with van der Waals surface area (Å²) in [4.78, 5) is 0. The van der Waals surface area contributed by atoms with E-state index in [-0.39, 0.29) is 10.7 Å². The highest BCUT2D eigenvalue weighted by atomic mass is 32.2. The van der Waals surface area contributed by atoms with Crippen molar-refractivity contribution in [2.75, 3.05) is 12.8 Å². The number of hydrogen-bond donors (Lipinski definition) is 1. The van der Waals surface area contributed by atoms with E-state index in [1.165, 1.54) is 0 Å². The van der Waals surface area contributed by atoms with E-state index in [9.17, 15) is 8.42 Å². The van der Waals surface area contributed by atoms with Gasteiger partial charge >= 0.3 is 0 Å². The molecule has 0 aromatic carbocycles. The molecule has 0 aliphatic carbocycles. The summed E-state index contributed by atoms with van der Waals surface area (Å²) in [5.41, 5.74) is 0.228. The Kier molecular flexibility index (Phi) is 6.70. The van der Waals surface area contributed by atoms with Gasteiger partial charge in [-0.15, -0.1) is 0 Å². The van der Waals surface area contributed by atoms with Crippen LogP contribution in [0.3, 0.4) is 0 Å². The monoisotopic (exact) mass is 263 g/mol. The van der Waals surface area contributed by atoms with Crippen molar-refractivity contribution in [1.29, 1.82) is 0 Å². The second kappa shape index (κ2) is 6.74. The van der Waals surface area contributed by atoms with Crippen LogP contribution in [0.25, 0.3) is 0 Å². The fourth-order valence-electron chi connectivity index (χ4n) is 1.90. The van der Waals surface area contributed by atoms with Crippen LogP contribution >= 0.6 is 0 Å². The Balaban J connectivity index is 4.01. The van der Waals surface area contributed by atoms with Crippen molar-refractivity contribution in [3.05, 3.63) is 0 Å². The summed E-state index contributed by atoms with van der Waals surface area (Å²) in [7, 11) is -0.886. The first kappa shape index (κ1) is 16.9. The first-order valence-electron chi connectivity index (χ1n) is 6.50. The first-order valence-corrected chi connectivity index (χ1v) is 8.21. The molecule has 0 rings (SSSR count). The van der Waals surface area contributed by atoms with E-state index in [2.05, 4.69) is 26.1 Å². The van der Waals surface area contributed by atoms with Crippen molar-refractivity contribution in [3.63, 3.8) is 0 Å². The van der Waals surface area contributed by atoms with Crippen LogP contribution in [0, 0.1) is 5.41 Å². The lowest BCUT2D eigenvalue weighted by atomic mass is 9.84. The molecule has 0 bridgehead atoms. The lowest BCUT2D eigenvalue weighted by Crippen LogP contribution is -2.37. The van der Waals surface area contributed by atoms with Gasteiger partial charge in [0, 0.05) is 6.04 Å². The van der Waals surface area contributed by atoms with Crippen LogP contribution in [0.15, 0.2) is 0 Å². The summed E-state index contributed by atoms with van der Waals surface area (Å²) in [5.74, 6) is 0.325. The number of rotatable bonds is 7. The molecular formula is C13H29NO2S. The van der Waals surface area contributed by atoms with Gasteiger partial charge in [-0.05, 0) is 39.2 Å². The third kappa shape index (κ3) is 6.41. The second-order valence-corrected chi connectivity index (χ2v) is 8.80. The van der Waals surface area contributed by atoms with Gasteiger partial charge in [-0.2, -0.15) is 0 Å². The molecule has 0 saturated carbocycles. The lowest BCUT2D eigenvalue weighted by molar-refractivity contribution is 0.263. The third-order valence-electron chi connectivity index (χ3n) is 3.28. The third-order valence-corrected chi connectivity index (χ3v) is 5.58. The molecule has 1 unspecified atom stereocenters. The Morgan fingerprint density at radius 1 is 1.12 bits per heavy atom. The van der Waals surface area contributed by atoms with Crippen LogP contribution in [-0.2, 0) is 9.84 Å². The van der Waals surface area contributed by atoms with Crippen molar-refractivity contribution in [2.45, 2.75) is 65.2 Å². The fraction of sp³-hybridized carbons (Fsp3) is 1.00. The average Bonchev–Trinajstić information content (AvgIpc) is 2.15. The zero-order chi connectivity index (χ0) is 13.7. The molecule has 0 aliphatic rings. The van der Waals surface area contributed by atoms with E-state index in [1.54, 1.807) is 13.8 Å². The Hall–Kier alpha value is -0.0900. The zero-order valence-corrected chi connectivity index (χ0v) is 13.0. The number of unbranched alkanes of at least 4 members (excludes halogenated alkanes) is 1. The molecule has 1 N–H and O–H groups in total. The molecule has 0 saturated heterocycles. The molecule has 17 heavy (non-hydrogen) atoms. The van der Waals surface area contributed by atoms with E-state index >= 15 is 0 Å². The van der Waals surface area contributed by atoms with Gasteiger partial charge in [0.25, 0.3) is 0 Å². The smallest absolute Gasteiger partial charge is 0.152 e. The van der Waals surface area contributed by atoms with E-state index < -0.39 is 9.84 Å². The maximum Gasteiger partial charge on any atom is 0.152 e. The molecule has 0 radical (unpaired) electrons. The molecule has 0 aromatic rings. The summed E-state index contributed by atoms with van der Waals surface area (Å²) in [6.45, 7) is 10.1. The van der Waals surface area contributed by atoms with Gasteiger partial charge in [0.15, 0.2) is 9.84 Å². The Morgan fingerprint density at radius 2 is 1.65 bits per heavy atom. The second-order valence-electron chi connectivity index (χ2n) is 6.12. The van der Waals surface area contributed by atoms with Crippen molar-refractivity contribution < 1.29 is 8.42 Å². The van der Waals surface area contributed by atoms with Crippen LogP contribution < -0.4 is 5.32 Å². The van der Waals surface area contributed by atoms with Crippen LogP contribution in [-0.4, -0.2) is 32.5 Å². The summed E-state index contributed by atoms with van der Waals surface area (Å²) in [6.07, 6.45) is 2.77. The number of sulfone groups is 1. The van der Waals surface area contributed by atoms with Gasteiger partial charge in [0.05, 0.1) is 11.0 Å². The minimum atomic E-state index is -2.86.